The molecule has 22 heavy (non-hydrogen) atoms. The van der Waals surface area contributed by atoms with Gasteiger partial charge in [-0.25, -0.2) is 0 Å². The molecule has 0 spiro atoms. The zero-order valence-electron chi connectivity index (χ0n) is 11.9. The summed E-state index contributed by atoms with van der Waals surface area (Å²) >= 11 is 5.15. The molecule has 0 aliphatic carbocycles. The number of carbonyl (C=O) groups excluding carboxylic acids is 1. The molecular weight excluding hydrogens is 300 g/mol. The SMILES string of the molecule is Cc1ccc(NC(=S)NC(=O)c2ccc3c(c2)OCO3)cc1. The topological polar surface area (TPSA) is 59.6 Å². The number of hydrogen-bond acceptors (Lipinski definition) is 4. The average Bonchev–Trinajstić information content (AvgIpc) is 2.97. The van der Waals surface area contributed by atoms with Gasteiger partial charge < -0.3 is 14.8 Å². The third kappa shape index (κ3) is 3.17. The zero-order valence-corrected chi connectivity index (χ0v) is 12.7. The number of nitrogens with one attached hydrogen (secondary N) is 2. The molecule has 0 saturated heterocycles. The summed E-state index contributed by atoms with van der Waals surface area (Å²) < 4.78 is 10.5. The molecule has 1 aliphatic heterocycles. The smallest absolute Gasteiger partial charge is 0.257 e. The van der Waals surface area contributed by atoms with Crippen LogP contribution in [0.3, 0.4) is 0 Å². The van der Waals surface area contributed by atoms with E-state index in [2.05, 4.69) is 10.6 Å². The Morgan fingerprint density at radius 2 is 1.82 bits per heavy atom. The molecule has 0 aromatic heterocycles. The van der Waals surface area contributed by atoms with E-state index in [9.17, 15) is 4.79 Å². The van der Waals surface area contributed by atoms with Crippen molar-refractivity contribution in [3.05, 3.63) is 53.6 Å². The lowest BCUT2D eigenvalue weighted by molar-refractivity contribution is 0.0977. The Hall–Kier alpha value is -2.60. The van der Waals surface area contributed by atoms with Crippen LogP contribution in [0, 0.1) is 6.92 Å². The van der Waals surface area contributed by atoms with Crippen molar-refractivity contribution in [2.75, 3.05) is 12.1 Å². The van der Waals surface area contributed by atoms with Crippen LogP contribution in [0.15, 0.2) is 42.5 Å². The summed E-state index contributed by atoms with van der Waals surface area (Å²) in [4.78, 5) is 12.2. The van der Waals surface area contributed by atoms with Crippen molar-refractivity contribution in [2.45, 2.75) is 6.92 Å². The van der Waals surface area contributed by atoms with E-state index in [1.54, 1.807) is 18.2 Å². The summed E-state index contributed by atoms with van der Waals surface area (Å²) in [5.74, 6) is 0.893. The van der Waals surface area contributed by atoms with Crippen LogP contribution in [0.5, 0.6) is 11.5 Å². The minimum absolute atomic E-state index is 0.174. The number of anilines is 1. The van der Waals surface area contributed by atoms with Crippen LogP contribution in [-0.2, 0) is 0 Å². The van der Waals surface area contributed by atoms with E-state index in [0.29, 0.717) is 17.1 Å². The average molecular weight is 314 g/mol. The van der Waals surface area contributed by atoms with Crippen molar-refractivity contribution < 1.29 is 14.3 Å². The number of carbonyl (C=O) groups is 1. The molecule has 1 heterocycles. The largest absolute Gasteiger partial charge is 0.454 e. The lowest BCUT2D eigenvalue weighted by Crippen LogP contribution is -2.34. The summed E-state index contributed by atoms with van der Waals surface area (Å²) in [5, 5.41) is 5.84. The predicted octanol–water partition coefficient (Wildman–Crippen LogP) is 2.85. The maximum atomic E-state index is 12.2. The van der Waals surface area contributed by atoms with Gasteiger partial charge in [-0.05, 0) is 49.5 Å². The number of benzene rings is 2. The highest BCUT2D eigenvalue weighted by Crippen LogP contribution is 2.32. The van der Waals surface area contributed by atoms with E-state index in [1.807, 2.05) is 31.2 Å². The standard InChI is InChI=1S/C16H14N2O3S/c1-10-2-5-12(6-3-10)17-16(22)18-15(19)11-4-7-13-14(8-11)21-9-20-13/h2-8H,9H2,1H3,(H2,17,18,19,22). The van der Waals surface area contributed by atoms with Crippen LogP contribution in [-0.4, -0.2) is 17.8 Å². The first kappa shape index (κ1) is 14.3. The van der Waals surface area contributed by atoms with E-state index < -0.39 is 0 Å². The molecular formula is C16H14N2O3S. The van der Waals surface area contributed by atoms with Crippen LogP contribution in [0.25, 0.3) is 0 Å². The van der Waals surface area contributed by atoms with Crippen molar-refractivity contribution in [3.8, 4) is 11.5 Å². The van der Waals surface area contributed by atoms with E-state index in [4.69, 9.17) is 21.7 Å². The first-order chi connectivity index (χ1) is 10.6. The summed E-state index contributed by atoms with van der Waals surface area (Å²) in [6.45, 7) is 2.18. The number of hydrogen-bond donors (Lipinski definition) is 2. The van der Waals surface area contributed by atoms with E-state index >= 15 is 0 Å². The Bertz CT molecular complexity index is 729. The third-order valence-corrected chi connectivity index (χ3v) is 3.38. The first-order valence-corrected chi connectivity index (χ1v) is 7.11. The Kier molecular flexibility index (Phi) is 3.93. The van der Waals surface area contributed by atoms with Crippen molar-refractivity contribution in [1.29, 1.82) is 0 Å². The normalized spacial score (nSPS) is 11.9. The Morgan fingerprint density at radius 1 is 1.09 bits per heavy atom. The maximum Gasteiger partial charge on any atom is 0.257 e. The molecule has 0 saturated carbocycles. The van der Waals surface area contributed by atoms with Gasteiger partial charge >= 0.3 is 0 Å². The van der Waals surface area contributed by atoms with Gasteiger partial charge in [-0.2, -0.15) is 0 Å². The molecule has 2 aromatic rings. The van der Waals surface area contributed by atoms with Gasteiger partial charge in [-0.15, -0.1) is 0 Å². The van der Waals surface area contributed by atoms with Crippen molar-refractivity contribution in [1.82, 2.24) is 5.32 Å². The third-order valence-electron chi connectivity index (χ3n) is 3.17. The molecule has 6 heteroatoms. The summed E-state index contributed by atoms with van der Waals surface area (Å²) in [7, 11) is 0. The van der Waals surface area contributed by atoms with Crippen LogP contribution in [0.1, 0.15) is 15.9 Å². The summed E-state index contributed by atoms with van der Waals surface area (Å²) in [5.41, 5.74) is 2.43. The van der Waals surface area contributed by atoms with Crippen LogP contribution >= 0.6 is 12.2 Å². The molecule has 112 valence electrons. The molecule has 1 amide bonds. The second-order valence-electron chi connectivity index (χ2n) is 4.84. The fourth-order valence-electron chi connectivity index (χ4n) is 2.01. The van der Waals surface area contributed by atoms with Crippen molar-refractivity contribution >= 4 is 28.9 Å². The van der Waals surface area contributed by atoms with E-state index in [-0.39, 0.29) is 17.8 Å². The van der Waals surface area contributed by atoms with Crippen LogP contribution in [0.2, 0.25) is 0 Å². The molecule has 0 atom stereocenters. The summed E-state index contributed by atoms with van der Waals surface area (Å²) in [6, 6.07) is 12.7. The number of aryl methyl sites for hydroxylation is 1. The zero-order chi connectivity index (χ0) is 15.5. The molecule has 1 aliphatic rings. The van der Waals surface area contributed by atoms with Crippen LogP contribution in [0.4, 0.5) is 5.69 Å². The first-order valence-electron chi connectivity index (χ1n) is 6.70. The molecule has 0 fully saturated rings. The predicted molar refractivity (Wildman–Crippen MR) is 87.4 cm³/mol. The van der Waals surface area contributed by atoms with Crippen molar-refractivity contribution in [2.24, 2.45) is 0 Å². The minimum Gasteiger partial charge on any atom is -0.454 e. The van der Waals surface area contributed by atoms with Gasteiger partial charge in [0.1, 0.15) is 0 Å². The van der Waals surface area contributed by atoms with E-state index in [1.165, 1.54) is 0 Å². The second kappa shape index (κ2) is 6.03. The lowest BCUT2D eigenvalue weighted by atomic mass is 10.2. The number of amides is 1. The van der Waals surface area contributed by atoms with Gasteiger partial charge in [0.25, 0.3) is 5.91 Å². The van der Waals surface area contributed by atoms with Gasteiger partial charge in [0.15, 0.2) is 16.6 Å². The van der Waals surface area contributed by atoms with E-state index in [0.717, 1.165) is 11.3 Å². The molecule has 0 bridgehead atoms. The van der Waals surface area contributed by atoms with Crippen molar-refractivity contribution in [3.63, 3.8) is 0 Å². The highest BCUT2D eigenvalue weighted by molar-refractivity contribution is 7.80. The summed E-state index contributed by atoms with van der Waals surface area (Å²) in [6.07, 6.45) is 0. The van der Waals surface area contributed by atoms with Gasteiger partial charge in [-0.3, -0.25) is 10.1 Å². The highest BCUT2D eigenvalue weighted by Gasteiger charge is 2.16. The Balaban J connectivity index is 1.63. The number of fused-ring (bicyclic) bond motifs is 1. The molecule has 5 nitrogen and oxygen atoms in total. The number of ether oxygens (including phenoxy) is 2. The van der Waals surface area contributed by atoms with Gasteiger partial charge in [0, 0.05) is 11.3 Å². The number of thiocarbonyl (C=S) groups is 1. The number of rotatable bonds is 2. The highest BCUT2D eigenvalue weighted by atomic mass is 32.1. The molecule has 3 rings (SSSR count). The monoisotopic (exact) mass is 314 g/mol. The Morgan fingerprint density at radius 3 is 2.59 bits per heavy atom. The molecule has 0 unspecified atom stereocenters. The lowest BCUT2D eigenvalue weighted by Gasteiger charge is -2.10. The molecule has 2 aromatic carbocycles. The van der Waals surface area contributed by atoms with Gasteiger partial charge in [0.2, 0.25) is 6.79 Å². The minimum atomic E-state index is -0.303. The Labute approximate surface area is 133 Å². The molecule has 2 N–H and O–H groups in total. The molecule has 0 radical (unpaired) electrons. The van der Waals surface area contributed by atoms with Gasteiger partial charge in [0.05, 0.1) is 0 Å². The maximum absolute atomic E-state index is 12.2. The fourth-order valence-corrected chi connectivity index (χ4v) is 2.22. The van der Waals surface area contributed by atoms with Crippen LogP contribution < -0.4 is 20.1 Å². The second-order valence-corrected chi connectivity index (χ2v) is 5.25. The van der Waals surface area contributed by atoms with Gasteiger partial charge in [-0.1, -0.05) is 17.7 Å². The fraction of sp³-hybridized carbons (Fsp3) is 0.125. The quantitative estimate of drug-likeness (QED) is 0.835.